The molecule has 0 saturated heterocycles. The van der Waals surface area contributed by atoms with E-state index in [1.54, 1.807) is 0 Å². The molecule has 14 heavy (non-hydrogen) atoms. The zero-order valence-electron chi connectivity index (χ0n) is 9.37. The Bertz CT molecular complexity index is 198. The lowest BCUT2D eigenvalue weighted by Gasteiger charge is -2.24. The maximum Gasteiger partial charge on any atom is 0.0903 e. The Morgan fingerprint density at radius 2 is 2.00 bits per heavy atom. The standard InChI is InChI=1S/C12H23NO/c1-9(2)11(13)12(14)10-7-5-3-4-6-8-10/h7,9,11-12,14H,3-6,8,13H2,1-2H3. The molecule has 0 bridgehead atoms. The van der Waals surface area contributed by atoms with Crippen molar-refractivity contribution in [3.63, 3.8) is 0 Å². The average molecular weight is 197 g/mol. The highest BCUT2D eigenvalue weighted by molar-refractivity contribution is 5.12. The van der Waals surface area contributed by atoms with Crippen LogP contribution in [0.5, 0.6) is 0 Å². The number of hydrogen-bond acceptors (Lipinski definition) is 2. The monoisotopic (exact) mass is 197 g/mol. The molecule has 2 nitrogen and oxygen atoms in total. The van der Waals surface area contributed by atoms with Crippen LogP contribution in [0.25, 0.3) is 0 Å². The molecule has 0 spiro atoms. The fraction of sp³-hybridized carbons (Fsp3) is 0.833. The zero-order valence-corrected chi connectivity index (χ0v) is 9.37. The second kappa shape index (κ2) is 5.52. The normalized spacial score (nSPS) is 22.8. The van der Waals surface area contributed by atoms with E-state index in [9.17, 15) is 5.11 Å². The van der Waals surface area contributed by atoms with Gasteiger partial charge in [-0.25, -0.2) is 0 Å². The third-order valence-electron chi connectivity index (χ3n) is 3.09. The zero-order chi connectivity index (χ0) is 10.6. The molecule has 0 fully saturated rings. The molecule has 0 aliphatic heterocycles. The van der Waals surface area contributed by atoms with Crippen LogP contribution in [0, 0.1) is 5.92 Å². The van der Waals surface area contributed by atoms with E-state index in [2.05, 4.69) is 19.9 Å². The Morgan fingerprint density at radius 3 is 2.64 bits per heavy atom. The van der Waals surface area contributed by atoms with E-state index in [4.69, 9.17) is 5.73 Å². The molecule has 0 saturated carbocycles. The molecule has 0 heterocycles. The molecule has 2 heteroatoms. The number of rotatable bonds is 3. The highest BCUT2D eigenvalue weighted by Gasteiger charge is 2.22. The van der Waals surface area contributed by atoms with Gasteiger partial charge in [0.05, 0.1) is 6.10 Å². The van der Waals surface area contributed by atoms with Crippen LogP contribution < -0.4 is 5.73 Å². The molecule has 1 rings (SSSR count). The Morgan fingerprint density at radius 1 is 1.29 bits per heavy atom. The number of aliphatic hydroxyl groups is 1. The van der Waals surface area contributed by atoms with Crippen LogP contribution in [0.4, 0.5) is 0 Å². The van der Waals surface area contributed by atoms with Gasteiger partial charge in [0.2, 0.25) is 0 Å². The molecule has 0 aromatic carbocycles. The maximum absolute atomic E-state index is 10.0. The van der Waals surface area contributed by atoms with Gasteiger partial charge in [-0.05, 0) is 37.2 Å². The van der Waals surface area contributed by atoms with Gasteiger partial charge in [0.15, 0.2) is 0 Å². The van der Waals surface area contributed by atoms with Crippen molar-refractivity contribution in [2.45, 2.75) is 58.1 Å². The highest BCUT2D eigenvalue weighted by Crippen LogP contribution is 2.22. The summed E-state index contributed by atoms with van der Waals surface area (Å²) in [5.74, 6) is 0.342. The summed E-state index contributed by atoms with van der Waals surface area (Å²) in [6.07, 6.45) is 7.65. The number of allylic oxidation sites excluding steroid dienone is 1. The molecule has 0 aromatic heterocycles. The average Bonchev–Trinajstić information content (AvgIpc) is 2.43. The molecule has 1 aliphatic rings. The van der Waals surface area contributed by atoms with E-state index in [0.29, 0.717) is 5.92 Å². The van der Waals surface area contributed by atoms with Crippen LogP contribution in [-0.2, 0) is 0 Å². The van der Waals surface area contributed by atoms with Crippen LogP contribution in [0.15, 0.2) is 11.6 Å². The Hall–Kier alpha value is -0.340. The van der Waals surface area contributed by atoms with Crippen LogP contribution in [0.2, 0.25) is 0 Å². The van der Waals surface area contributed by atoms with Crippen molar-refractivity contribution in [1.82, 2.24) is 0 Å². The van der Waals surface area contributed by atoms with Gasteiger partial charge in [0.1, 0.15) is 0 Å². The van der Waals surface area contributed by atoms with Gasteiger partial charge in [-0.2, -0.15) is 0 Å². The molecule has 1 aliphatic carbocycles. The minimum absolute atomic E-state index is 0.112. The quantitative estimate of drug-likeness (QED) is 0.681. The molecule has 0 aromatic rings. The van der Waals surface area contributed by atoms with Gasteiger partial charge in [0.25, 0.3) is 0 Å². The summed E-state index contributed by atoms with van der Waals surface area (Å²) in [6, 6.07) is -0.112. The molecule has 0 radical (unpaired) electrons. The van der Waals surface area contributed by atoms with E-state index in [1.807, 2.05) is 0 Å². The predicted molar refractivity (Wildman–Crippen MR) is 60.0 cm³/mol. The van der Waals surface area contributed by atoms with Gasteiger partial charge < -0.3 is 10.8 Å². The van der Waals surface area contributed by atoms with Crippen molar-refractivity contribution in [3.8, 4) is 0 Å². The number of aliphatic hydroxyl groups excluding tert-OH is 1. The number of hydrogen-bond donors (Lipinski definition) is 2. The van der Waals surface area contributed by atoms with Crippen molar-refractivity contribution < 1.29 is 5.11 Å². The van der Waals surface area contributed by atoms with E-state index < -0.39 is 6.10 Å². The van der Waals surface area contributed by atoms with E-state index in [-0.39, 0.29) is 6.04 Å². The van der Waals surface area contributed by atoms with Gasteiger partial charge in [0, 0.05) is 6.04 Å². The first-order valence-electron chi connectivity index (χ1n) is 5.75. The van der Waals surface area contributed by atoms with Gasteiger partial charge >= 0.3 is 0 Å². The fourth-order valence-electron chi connectivity index (χ4n) is 1.92. The smallest absolute Gasteiger partial charge is 0.0903 e. The summed E-state index contributed by atoms with van der Waals surface area (Å²) >= 11 is 0. The van der Waals surface area contributed by atoms with Gasteiger partial charge in [-0.1, -0.05) is 26.3 Å². The van der Waals surface area contributed by atoms with Gasteiger partial charge in [-0.3, -0.25) is 0 Å². The van der Waals surface area contributed by atoms with E-state index in [1.165, 1.54) is 24.8 Å². The third kappa shape index (κ3) is 3.10. The minimum atomic E-state index is -0.423. The summed E-state index contributed by atoms with van der Waals surface area (Å²) in [5, 5.41) is 10.0. The van der Waals surface area contributed by atoms with E-state index >= 15 is 0 Å². The van der Waals surface area contributed by atoms with Crippen molar-refractivity contribution in [2.24, 2.45) is 11.7 Å². The van der Waals surface area contributed by atoms with Gasteiger partial charge in [-0.15, -0.1) is 0 Å². The predicted octanol–water partition coefficient (Wildman–Crippen LogP) is 2.22. The van der Waals surface area contributed by atoms with Crippen molar-refractivity contribution >= 4 is 0 Å². The molecule has 2 unspecified atom stereocenters. The highest BCUT2D eigenvalue weighted by atomic mass is 16.3. The molecule has 0 amide bonds. The lowest BCUT2D eigenvalue weighted by atomic mass is 9.92. The van der Waals surface area contributed by atoms with Crippen molar-refractivity contribution in [3.05, 3.63) is 11.6 Å². The summed E-state index contributed by atoms with van der Waals surface area (Å²) in [7, 11) is 0. The first kappa shape index (κ1) is 11.7. The van der Waals surface area contributed by atoms with Crippen LogP contribution in [-0.4, -0.2) is 17.3 Å². The SMILES string of the molecule is CC(C)C(N)C(O)C1=CCCCCC1. The largest absolute Gasteiger partial charge is 0.387 e. The molecule has 82 valence electrons. The lowest BCUT2D eigenvalue weighted by Crippen LogP contribution is -2.40. The molecule has 2 atom stereocenters. The molecular weight excluding hydrogens is 174 g/mol. The second-order valence-electron chi connectivity index (χ2n) is 4.64. The summed E-state index contributed by atoms with van der Waals surface area (Å²) in [5.41, 5.74) is 7.12. The first-order chi connectivity index (χ1) is 6.63. The molecule has 3 N–H and O–H groups in total. The lowest BCUT2D eigenvalue weighted by molar-refractivity contribution is 0.153. The van der Waals surface area contributed by atoms with Crippen molar-refractivity contribution in [2.75, 3.05) is 0 Å². The minimum Gasteiger partial charge on any atom is -0.387 e. The summed E-state index contributed by atoms with van der Waals surface area (Å²) < 4.78 is 0. The Balaban J connectivity index is 2.57. The van der Waals surface area contributed by atoms with Crippen LogP contribution in [0.1, 0.15) is 46.0 Å². The Labute approximate surface area is 87.2 Å². The van der Waals surface area contributed by atoms with E-state index in [0.717, 1.165) is 12.8 Å². The molecular formula is C12H23NO. The first-order valence-corrected chi connectivity index (χ1v) is 5.75. The summed E-state index contributed by atoms with van der Waals surface area (Å²) in [4.78, 5) is 0. The summed E-state index contributed by atoms with van der Waals surface area (Å²) in [6.45, 7) is 4.12. The third-order valence-corrected chi connectivity index (χ3v) is 3.09. The second-order valence-corrected chi connectivity index (χ2v) is 4.64. The van der Waals surface area contributed by atoms with Crippen LogP contribution >= 0.6 is 0 Å². The maximum atomic E-state index is 10.0. The Kier molecular flexibility index (Phi) is 4.63. The fourth-order valence-corrected chi connectivity index (χ4v) is 1.92. The topological polar surface area (TPSA) is 46.2 Å². The number of nitrogens with two attached hydrogens (primary N) is 1. The van der Waals surface area contributed by atoms with Crippen LogP contribution in [0.3, 0.4) is 0 Å². The van der Waals surface area contributed by atoms with Crippen molar-refractivity contribution in [1.29, 1.82) is 0 Å².